The summed E-state index contributed by atoms with van der Waals surface area (Å²) in [5.74, 6) is -0.358. The van der Waals surface area contributed by atoms with Gasteiger partial charge >= 0.3 is 5.97 Å². The average Bonchev–Trinajstić information content (AvgIpc) is 3.40. The van der Waals surface area contributed by atoms with Crippen LogP contribution in [0.15, 0.2) is 48.8 Å². The van der Waals surface area contributed by atoms with Gasteiger partial charge in [0.2, 0.25) is 5.91 Å². The zero-order valence-electron chi connectivity index (χ0n) is 16.6. The lowest BCUT2D eigenvalue weighted by atomic mass is 10.0. The highest BCUT2D eigenvalue weighted by Gasteiger charge is 2.26. The van der Waals surface area contributed by atoms with Crippen LogP contribution in [0.2, 0.25) is 0 Å². The van der Waals surface area contributed by atoms with Crippen molar-refractivity contribution in [2.75, 3.05) is 20.2 Å². The molecule has 1 aromatic carbocycles. The van der Waals surface area contributed by atoms with Crippen molar-refractivity contribution < 1.29 is 19.2 Å². The van der Waals surface area contributed by atoms with E-state index >= 15 is 0 Å². The summed E-state index contributed by atoms with van der Waals surface area (Å²) < 4.78 is 8.58. The molecule has 0 atom stereocenters. The molecule has 30 heavy (non-hydrogen) atoms. The molecule has 0 bridgehead atoms. The predicted octanol–water partition coefficient (Wildman–Crippen LogP) is 3.00. The van der Waals surface area contributed by atoms with Crippen LogP contribution < -0.4 is 0 Å². The van der Waals surface area contributed by atoms with Crippen LogP contribution in [-0.4, -0.2) is 51.0 Å². The molecule has 3 aromatic rings. The molecule has 0 radical (unpaired) electrons. The summed E-state index contributed by atoms with van der Waals surface area (Å²) in [7, 11) is 1.37. The number of carbonyl (C=O) groups excluding carboxylic acids is 2. The van der Waals surface area contributed by atoms with Gasteiger partial charge in [0.05, 0.1) is 12.0 Å². The van der Waals surface area contributed by atoms with Crippen LogP contribution in [0, 0.1) is 10.1 Å². The number of nitro groups is 1. The molecule has 0 spiro atoms. The van der Waals surface area contributed by atoms with Gasteiger partial charge in [-0.1, -0.05) is 0 Å². The van der Waals surface area contributed by atoms with Crippen molar-refractivity contribution in [2.24, 2.45) is 0 Å². The number of rotatable bonds is 5. The molecule has 1 fully saturated rings. The molecule has 3 heterocycles. The number of likely N-dealkylation sites (tertiary alicyclic amines) is 1. The SMILES string of the molecule is COC(=O)c1cccn1C1CCN(C(=O)Cn2ccc3cc([N+](=O)[O-])ccc32)CC1. The van der Waals surface area contributed by atoms with Crippen LogP contribution in [-0.2, 0) is 16.1 Å². The Balaban J connectivity index is 1.41. The third kappa shape index (κ3) is 3.66. The topological polar surface area (TPSA) is 99.6 Å². The van der Waals surface area contributed by atoms with Gasteiger partial charge in [-0.15, -0.1) is 0 Å². The normalized spacial score (nSPS) is 14.8. The third-order valence-corrected chi connectivity index (χ3v) is 5.66. The number of fused-ring (bicyclic) bond motifs is 1. The molecule has 2 aromatic heterocycles. The summed E-state index contributed by atoms with van der Waals surface area (Å²) in [6, 6.07) is 10.1. The minimum Gasteiger partial charge on any atom is -0.464 e. The van der Waals surface area contributed by atoms with Crippen molar-refractivity contribution in [2.45, 2.75) is 25.4 Å². The van der Waals surface area contributed by atoms with E-state index in [0.717, 1.165) is 23.7 Å². The maximum absolute atomic E-state index is 12.8. The number of aromatic nitrogens is 2. The fraction of sp³-hybridized carbons (Fsp3) is 0.333. The molecule has 9 heteroatoms. The first kappa shape index (κ1) is 19.7. The number of amides is 1. The second-order valence-electron chi connectivity index (χ2n) is 7.35. The van der Waals surface area contributed by atoms with Crippen LogP contribution >= 0.6 is 0 Å². The molecule has 1 saturated heterocycles. The maximum atomic E-state index is 12.8. The fourth-order valence-corrected chi connectivity index (χ4v) is 4.07. The van der Waals surface area contributed by atoms with Crippen LogP contribution in [0.3, 0.4) is 0 Å². The second kappa shape index (κ2) is 8.02. The Labute approximate surface area is 172 Å². The molecule has 4 rings (SSSR count). The monoisotopic (exact) mass is 410 g/mol. The van der Waals surface area contributed by atoms with Crippen molar-refractivity contribution in [3.05, 3.63) is 64.6 Å². The molecule has 156 valence electrons. The largest absolute Gasteiger partial charge is 0.464 e. The van der Waals surface area contributed by atoms with E-state index in [9.17, 15) is 19.7 Å². The van der Waals surface area contributed by atoms with Crippen LogP contribution in [0.25, 0.3) is 10.9 Å². The zero-order chi connectivity index (χ0) is 21.3. The number of nitrogens with zero attached hydrogens (tertiary/aromatic N) is 4. The molecule has 0 saturated carbocycles. The number of piperidine rings is 1. The number of nitro benzene ring substituents is 1. The van der Waals surface area contributed by atoms with Gasteiger partial charge in [0.15, 0.2) is 0 Å². The molecule has 0 N–H and O–H groups in total. The number of non-ortho nitro benzene ring substituents is 1. The Morgan fingerprint density at radius 1 is 1.17 bits per heavy atom. The minimum atomic E-state index is -0.428. The van der Waals surface area contributed by atoms with E-state index in [4.69, 9.17) is 4.74 Å². The standard InChI is InChI=1S/C21H22N4O5/c1-30-21(27)19-3-2-9-24(19)16-7-11-22(12-8-16)20(26)14-23-10-6-15-13-17(25(28)29)4-5-18(15)23/h2-6,9-10,13,16H,7-8,11-12,14H2,1H3. The lowest BCUT2D eigenvalue weighted by Crippen LogP contribution is -2.40. The van der Waals surface area contributed by atoms with Crippen LogP contribution in [0.4, 0.5) is 5.69 Å². The first-order valence-corrected chi connectivity index (χ1v) is 9.74. The summed E-state index contributed by atoms with van der Waals surface area (Å²) in [6.07, 6.45) is 5.16. The van der Waals surface area contributed by atoms with E-state index in [-0.39, 0.29) is 30.2 Å². The van der Waals surface area contributed by atoms with Crippen molar-refractivity contribution >= 4 is 28.5 Å². The Bertz CT molecular complexity index is 1110. The van der Waals surface area contributed by atoms with E-state index in [0.29, 0.717) is 18.8 Å². The van der Waals surface area contributed by atoms with E-state index in [1.807, 2.05) is 26.3 Å². The van der Waals surface area contributed by atoms with Gasteiger partial charge in [0.1, 0.15) is 12.2 Å². The minimum absolute atomic E-state index is 0.00463. The van der Waals surface area contributed by atoms with Crippen molar-refractivity contribution in [1.82, 2.24) is 14.0 Å². The molecule has 1 aliphatic heterocycles. The Morgan fingerprint density at radius 3 is 2.63 bits per heavy atom. The molecule has 0 aliphatic carbocycles. The van der Waals surface area contributed by atoms with Gasteiger partial charge in [-0.3, -0.25) is 14.9 Å². The van der Waals surface area contributed by atoms with Crippen molar-refractivity contribution in [1.29, 1.82) is 0 Å². The van der Waals surface area contributed by atoms with Crippen LogP contribution in [0.5, 0.6) is 0 Å². The smallest absolute Gasteiger partial charge is 0.354 e. The van der Waals surface area contributed by atoms with E-state index in [1.165, 1.54) is 19.2 Å². The first-order valence-electron chi connectivity index (χ1n) is 9.74. The first-order chi connectivity index (χ1) is 14.5. The molecular weight excluding hydrogens is 388 g/mol. The summed E-state index contributed by atoms with van der Waals surface area (Å²) in [4.78, 5) is 37.1. The summed E-state index contributed by atoms with van der Waals surface area (Å²) in [6.45, 7) is 1.39. The van der Waals surface area contributed by atoms with E-state index in [2.05, 4.69) is 0 Å². The highest BCUT2D eigenvalue weighted by atomic mass is 16.6. The van der Waals surface area contributed by atoms with Gasteiger partial charge in [-0.2, -0.15) is 0 Å². The lowest BCUT2D eigenvalue weighted by molar-refractivity contribution is -0.384. The van der Waals surface area contributed by atoms with Gasteiger partial charge < -0.3 is 18.8 Å². The van der Waals surface area contributed by atoms with Crippen LogP contribution in [0.1, 0.15) is 29.4 Å². The van der Waals surface area contributed by atoms with Crippen molar-refractivity contribution in [3.63, 3.8) is 0 Å². The van der Waals surface area contributed by atoms with Gasteiger partial charge in [-0.05, 0) is 37.1 Å². The third-order valence-electron chi connectivity index (χ3n) is 5.66. The fourth-order valence-electron chi connectivity index (χ4n) is 4.07. The lowest BCUT2D eigenvalue weighted by Gasteiger charge is -2.33. The number of hydrogen-bond acceptors (Lipinski definition) is 5. The van der Waals surface area contributed by atoms with E-state index in [1.54, 1.807) is 24.4 Å². The Kier molecular flexibility index (Phi) is 5.26. The van der Waals surface area contributed by atoms with Crippen molar-refractivity contribution in [3.8, 4) is 0 Å². The number of benzene rings is 1. The Morgan fingerprint density at radius 2 is 1.93 bits per heavy atom. The molecule has 1 amide bonds. The number of hydrogen-bond donors (Lipinski definition) is 0. The zero-order valence-corrected chi connectivity index (χ0v) is 16.6. The number of esters is 1. The number of carbonyl (C=O) groups is 2. The van der Waals surface area contributed by atoms with Gasteiger partial charge in [-0.25, -0.2) is 4.79 Å². The molecule has 1 aliphatic rings. The molecule has 0 unspecified atom stereocenters. The highest BCUT2D eigenvalue weighted by molar-refractivity contribution is 5.87. The number of ether oxygens (including phenoxy) is 1. The van der Waals surface area contributed by atoms with Gasteiger partial charge in [0, 0.05) is 54.6 Å². The quantitative estimate of drug-likeness (QED) is 0.366. The summed E-state index contributed by atoms with van der Waals surface area (Å²) in [5, 5.41) is 11.7. The predicted molar refractivity (Wildman–Crippen MR) is 109 cm³/mol. The maximum Gasteiger partial charge on any atom is 0.354 e. The summed E-state index contributed by atoms with van der Waals surface area (Å²) in [5.41, 5.74) is 1.35. The Hall–Kier alpha value is -3.62. The number of methoxy groups -OCH3 is 1. The second-order valence-corrected chi connectivity index (χ2v) is 7.35. The van der Waals surface area contributed by atoms with Gasteiger partial charge in [0.25, 0.3) is 5.69 Å². The highest BCUT2D eigenvalue weighted by Crippen LogP contribution is 2.26. The van der Waals surface area contributed by atoms with E-state index < -0.39 is 4.92 Å². The molecular formula is C21H22N4O5. The average molecular weight is 410 g/mol. The summed E-state index contributed by atoms with van der Waals surface area (Å²) >= 11 is 0. The molecule has 9 nitrogen and oxygen atoms in total.